The van der Waals surface area contributed by atoms with E-state index in [4.69, 9.17) is 5.73 Å². The molecule has 0 fully saturated rings. The minimum absolute atomic E-state index is 0.291. The summed E-state index contributed by atoms with van der Waals surface area (Å²) in [4.78, 5) is 10.8. The number of aryl methyl sites for hydroxylation is 1. The van der Waals surface area contributed by atoms with Crippen LogP contribution in [0.4, 0.5) is 0 Å². The van der Waals surface area contributed by atoms with Crippen LogP contribution in [0.2, 0.25) is 0 Å². The van der Waals surface area contributed by atoms with Gasteiger partial charge in [0.2, 0.25) is 0 Å². The number of nitrogens with two attached hydrogens (primary N) is 1. The lowest BCUT2D eigenvalue weighted by Crippen LogP contribution is -2.14. The lowest BCUT2D eigenvalue weighted by atomic mass is 10.2. The minimum Gasteiger partial charge on any atom is -0.364 e. The van der Waals surface area contributed by atoms with Crippen LogP contribution < -0.4 is 5.73 Å². The predicted molar refractivity (Wildman–Crippen MR) is 43.5 cm³/mol. The van der Waals surface area contributed by atoms with Gasteiger partial charge in [-0.1, -0.05) is 18.6 Å². The molecule has 0 aliphatic carbocycles. The van der Waals surface area contributed by atoms with Gasteiger partial charge in [0.25, 0.3) is 5.91 Å². The number of aromatic nitrogens is 3. The zero-order valence-electron chi connectivity index (χ0n) is 7.24. The molecule has 0 unspecified atom stereocenters. The molecule has 1 heterocycles. The van der Waals surface area contributed by atoms with Crippen LogP contribution in [0.25, 0.3) is 0 Å². The fraction of sp³-hybridized carbons (Fsp3) is 0.571. The van der Waals surface area contributed by atoms with Crippen LogP contribution in [0.1, 0.15) is 29.5 Å². The molecule has 0 atom stereocenters. The van der Waals surface area contributed by atoms with Gasteiger partial charge in [0, 0.05) is 7.05 Å². The molecule has 5 nitrogen and oxygen atoms in total. The number of hydrogen-bond donors (Lipinski definition) is 1. The van der Waals surface area contributed by atoms with Crippen LogP contribution >= 0.6 is 0 Å². The third-order valence-corrected chi connectivity index (χ3v) is 1.66. The quantitative estimate of drug-likeness (QED) is 0.683. The third kappa shape index (κ3) is 1.44. The van der Waals surface area contributed by atoms with Gasteiger partial charge in [0.1, 0.15) is 0 Å². The van der Waals surface area contributed by atoms with Crippen molar-refractivity contribution >= 4 is 5.91 Å². The van der Waals surface area contributed by atoms with Gasteiger partial charge in [-0.15, -0.1) is 5.10 Å². The zero-order chi connectivity index (χ0) is 9.14. The van der Waals surface area contributed by atoms with Crippen LogP contribution in [0.5, 0.6) is 0 Å². The molecule has 0 aliphatic rings. The Morgan fingerprint density at radius 3 is 2.83 bits per heavy atom. The van der Waals surface area contributed by atoms with Gasteiger partial charge in [0.05, 0.1) is 5.69 Å². The minimum atomic E-state index is -0.508. The maximum atomic E-state index is 10.8. The van der Waals surface area contributed by atoms with Crippen molar-refractivity contribution < 1.29 is 4.79 Å². The summed E-state index contributed by atoms with van der Waals surface area (Å²) in [6.45, 7) is 2.03. The third-order valence-electron chi connectivity index (χ3n) is 1.66. The van der Waals surface area contributed by atoms with E-state index in [2.05, 4.69) is 10.3 Å². The molecule has 0 radical (unpaired) electrons. The Morgan fingerprint density at radius 1 is 1.67 bits per heavy atom. The molecule has 0 aromatic carbocycles. The molecule has 1 amide bonds. The van der Waals surface area contributed by atoms with Crippen molar-refractivity contribution in [2.75, 3.05) is 0 Å². The molecule has 0 saturated heterocycles. The van der Waals surface area contributed by atoms with Gasteiger partial charge in [-0.3, -0.25) is 9.48 Å². The highest BCUT2D eigenvalue weighted by atomic mass is 16.1. The second-order valence-corrected chi connectivity index (χ2v) is 2.62. The first kappa shape index (κ1) is 8.70. The van der Waals surface area contributed by atoms with Crippen molar-refractivity contribution in [1.29, 1.82) is 0 Å². The summed E-state index contributed by atoms with van der Waals surface area (Å²) in [5.41, 5.74) is 6.20. The van der Waals surface area contributed by atoms with Gasteiger partial charge in [0.15, 0.2) is 5.69 Å². The molecule has 0 aliphatic heterocycles. The van der Waals surface area contributed by atoms with E-state index in [1.807, 2.05) is 6.92 Å². The number of amides is 1. The fourth-order valence-electron chi connectivity index (χ4n) is 1.09. The lowest BCUT2D eigenvalue weighted by molar-refractivity contribution is 0.0994. The highest BCUT2D eigenvalue weighted by Crippen LogP contribution is 2.05. The summed E-state index contributed by atoms with van der Waals surface area (Å²) in [7, 11) is 1.75. The number of carbonyl (C=O) groups is 1. The molecule has 12 heavy (non-hydrogen) atoms. The average molecular weight is 168 g/mol. The number of nitrogens with zero attached hydrogens (tertiary/aromatic N) is 3. The molecule has 1 rings (SSSR count). The Balaban J connectivity index is 3.03. The van der Waals surface area contributed by atoms with Gasteiger partial charge in [-0.2, -0.15) is 0 Å². The Bertz CT molecular complexity index is 292. The Kier molecular flexibility index (Phi) is 2.42. The summed E-state index contributed by atoms with van der Waals surface area (Å²) in [6.07, 6.45) is 1.73. The maximum absolute atomic E-state index is 10.8. The molecule has 1 aromatic heterocycles. The van der Waals surface area contributed by atoms with Crippen LogP contribution in [0.3, 0.4) is 0 Å². The Hall–Kier alpha value is -1.39. The zero-order valence-corrected chi connectivity index (χ0v) is 7.24. The van der Waals surface area contributed by atoms with Gasteiger partial charge in [-0.05, 0) is 6.42 Å². The normalized spacial score (nSPS) is 10.2. The van der Waals surface area contributed by atoms with Crippen molar-refractivity contribution in [2.24, 2.45) is 12.8 Å². The Morgan fingerprint density at radius 2 is 2.33 bits per heavy atom. The summed E-state index contributed by atoms with van der Waals surface area (Å²) in [6, 6.07) is 0. The van der Waals surface area contributed by atoms with Crippen LogP contribution in [-0.2, 0) is 13.5 Å². The Labute approximate surface area is 70.6 Å². The summed E-state index contributed by atoms with van der Waals surface area (Å²) in [5, 5.41) is 7.39. The van der Waals surface area contributed by atoms with E-state index in [-0.39, 0.29) is 0 Å². The number of primary amides is 1. The van der Waals surface area contributed by atoms with E-state index in [0.29, 0.717) is 5.69 Å². The largest absolute Gasteiger partial charge is 0.364 e. The molecule has 66 valence electrons. The molecular weight excluding hydrogens is 156 g/mol. The first-order valence-corrected chi connectivity index (χ1v) is 3.85. The number of carbonyl (C=O) groups excluding carboxylic acids is 1. The smallest absolute Gasteiger partial charge is 0.271 e. The van der Waals surface area contributed by atoms with Crippen molar-refractivity contribution in [1.82, 2.24) is 15.0 Å². The van der Waals surface area contributed by atoms with Crippen LogP contribution in [0, 0.1) is 0 Å². The van der Waals surface area contributed by atoms with Crippen molar-refractivity contribution in [2.45, 2.75) is 19.8 Å². The first-order chi connectivity index (χ1) is 5.66. The van der Waals surface area contributed by atoms with Gasteiger partial charge < -0.3 is 5.73 Å². The topological polar surface area (TPSA) is 73.8 Å². The van der Waals surface area contributed by atoms with Crippen molar-refractivity contribution in [3.8, 4) is 0 Å². The number of rotatable bonds is 3. The maximum Gasteiger partial charge on any atom is 0.271 e. The van der Waals surface area contributed by atoms with E-state index in [0.717, 1.165) is 18.5 Å². The second kappa shape index (κ2) is 3.34. The van der Waals surface area contributed by atoms with Crippen molar-refractivity contribution in [3.05, 3.63) is 11.4 Å². The molecule has 0 bridgehead atoms. The van der Waals surface area contributed by atoms with Gasteiger partial charge >= 0.3 is 0 Å². The lowest BCUT2D eigenvalue weighted by Gasteiger charge is -1.98. The monoisotopic (exact) mass is 168 g/mol. The van der Waals surface area contributed by atoms with E-state index in [1.165, 1.54) is 0 Å². The van der Waals surface area contributed by atoms with Crippen molar-refractivity contribution in [3.63, 3.8) is 0 Å². The highest BCUT2D eigenvalue weighted by molar-refractivity contribution is 5.91. The van der Waals surface area contributed by atoms with E-state index >= 15 is 0 Å². The first-order valence-electron chi connectivity index (χ1n) is 3.85. The summed E-state index contributed by atoms with van der Waals surface area (Å²) < 4.78 is 1.59. The second-order valence-electron chi connectivity index (χ2n) is 2.62. The molecular formula is C7H12N4O. The average Bonchev–Trinajstić information content (AvgIpc) is 2.34. The SMILES string of the molecule is CCCc1c(C(N)=O)nnn1C. The summed E-state index contributed by atoms with van der Waals surface area (Å²) >= 11 is 0. The van der Waals surface area contributed by atoms with Crippen LogP contribution in [0.15, 0.2) is 0 Å². The van der Waals surface area contributed by atoms with Gasteiger partial charge in [-0.25, -0.2) is 0 Å². The van der Waals surface area contributed by atoms with Crippen LogP contribution in [-0.4, -0.2) is 20.9 Å². The molecule has 2 N–H and O–H groups in total. The van der Waals surface area contributed by atoms with E-state index < -0.39 is 5.91 Å². The van der Waals surface area contributed by atoms with E-state index in [9.17, 15) is 4.79 Å². The molecule has 0 spiro atoms. The summed E-state index contributed by atoms with van der Waals surface area (Å²) in [5.74, 6) is -0.508. The molecule has 1 aromatic rings. The van der Waals surface area contributed by atoms with E-state index in [1.54, 1.807) is 11.7 Å². The number of hydrogen-bond acceptors (Lipinski definition) is 3. The highest BCUT2D eigenvalue weighted by Gasteiger charge is 2.13. The predicted octanol–water partition coefficient (Wildman–Crippen LogP) is -0.134. The molecule has 5 heteroatoms. The fourth-order valence-corrected chi connectivity index (χ4v) is 1.09. The standard InChI is InChI=1S/C7H12N4O/c1-3-4-5-6(7(8)12)9-10-11(5)2/h3-4H2,1-2H3,(H2,8,12). The molecule has 0 saturated carbocycles.